The lowest BCUT2D eigenvalue weighted by Gasteiger charge is -2.24. The summed E-state index contributed by atoms with van der Waals surface area (Å²) in [6.07, 6.45) is -15.2. The van der Waals surface area contributed by atoms with E-state index in [4.69, 9.17) is 17.3 Å². The number of rotatable bonds is 2. The summed E-state index contributed by atoms with van der Waals surface area (Å²) in [5.74, 6) is -0.848. The number of ether oxygens (including phenoxy) is 1. The average Bonchev–Trinajstić information content (AvgIpc) is 2.12. The number of benzene rings is 1. The van der Waals surface area contributed by atoms with Crippen molar-refractivity contribution in [3.63, 3.8) is 0 Å². The fourth-order valence-corrected chi connectivity index (χ4v) is 1.31. The van der Waals surface area contributed by atoms with E-state index in [0.717, 1.165) is 12.1 Å². The first-order chi connectivity index (χ1) is 8.03. The highest BCUT2D eigenvalue weighted by Crippen LogP contribution is 2.40. The van der Waals surface area contributed by atoms with Crippen LogP contribution in [-0.4, -0.2) is 18.5 Å². The fourth-order valence-electron chi connectivity index (χ4n) is 1.09. The molecular formula is C9H6ClF6NO. The third-order valence-electron chi connectivity index (χ3n) is 1.83. The predicted octanol–water partition coefficient (Wildman–Crippen LogP) is 3.79. The van der Waals surface area contributed by atoms with E-state index in [1.54, 1.807) is 0 Å². The van der Waals surface area contributed by atoms with Crippen LogP contribution in [0, 0.1) is 0 Å². The van der Waals surface area contributed by atoms with Crippen molar-refractivity contribution in [2.24, 2.45) is 0 Å². The lowest BCUT2D eigenvalue weighted by atomic mass is 10.2. The van der Waals surface area contributed by atoms with Crippen LogP contribution in [0.4, 0.5) is 32.0 Å². The average molecular weight is 294 g/mol. The maximum absolute atomic E-state index is 12.2. The zero-order valence-corrected chi connectivity index (χ0v) is 9.20. The van der Waals surface area contributed by atoms with Gasteiger partial charge in [0.15, 0.2) is 5.75 Å². The summed E-state index contributed by atoms with van der Waals surface area (Å²) < 4.78 is 77.3. The number of nitrogen functional groups attached to an aromatic ring is 1. The van der Waals surface area contributed by atoms with E-state index >= 15 is 0 Å². The number of anilines is 1. The Hall–Kier alpha value is -1.31. The lowest BCUT2D eigenvalue weighted by molar-refractivity contribution is -0.299. The molecule has 0 saturated carbocycles. The van der Waals surface area contributed by atoms with Gasteiger partial charge in [0.05, 0.1) is 10.7 Å². The topological polar surface area (TPSA) is 35.2 Å². The molecule has 0 heterocycles. The van der Waals surface area contributed by atoms with E-state index in [1.165, 1.54) is 6.07 Å². The molecule has 0 bridgehead atoms. The molecule has 2 nitrogen and oxygen atoms in total. The standard InChI is InChI=1S/C9H6ClF6NO/c10-4-2-1-3-5(17)6(4)18-7(8(11,12)13)9(14,15)16/h1-3,7H,17H2. The van der Waals surface area contributed by atoms with Crippen molar-refractivity contribution in [2.45, 2.75) is 18.5 Å². The Labute approximate surface area is 102 Å². The van der Waals surface area contributed by atoms with Gasteiger partial charge in [0.2, 0.25) is 0 Å². The molecule has 0 saturated heterocycles. The minimum absolute atomic E-state index is 0.416. The molecule has 0 aliphatic carbocycles. The number of para-hydroxylation sites is 1. The highest BCUT2D eigenvalue weighted by atomic mass is 35.5. The number of alkyl halides is 6. The second-order valence-corrected chi connectivity index (χ2v) is 3.65. The summed E-state index contributed by atoms with van der Waals surface area (Å²) in [4.78, 5) is 0. The van der Waals surface area contributed by atoms with Gasteiger partial charge in [-0.25, -0.2) is 0 Å². The Morgan fingerprint density at radius 2 is 1.56 bits per heavy atom. The zero-order valence-electron chi connectivity index (χ0n) is 8.44. The summed E-state index contributed by atoms with van der Waals surface area (Å²) in [5.41, 5.74) is 4.80. The zero-order chi connectivity index (χ0) is 14.1. The fraction of sp³-hybridized carbons (Fsp3) is 0.333. The van der Waals surface area contributed by atoms with Crippen LogP contribution in [0.5, 0.6) is 5.75 Å². The van der Waals surface area contributed by atoms with Crippen LogP contribution in [0.25, 0.3) is 0 Å². The summed E-state index contributed by atoms with van der Waals surface area (Å²) in [6, 6.07) is 3.41. The van der Waals surface area contributed by atoms with Crippen LogP contribution in [-0.2, 0) is 0 Å². The number of hydrogen-bond acceptors (Lipinski definition) is 2. The maximum atomic E-state index is 12.2. The third kappa shape index (κ3) is 3.34. The van der Waals surface area contributed by atoms with E-state index < -0.39 is 34.9 Å². The van der Waals surface area contributed by atoms with Crippen LogP contribution in [0.3, 0.4) is 0 Å². The van der Waals surface area contributed by atoms with E-state index in [9.17, 15) is 26.3 Å². The van der Waals surface area contributed by atoms with Crippen molar-refractivity contribution in [3.8, 4) is 5.75 Å². The van der Waals surface area contributed by atoms with Crippen molar-refractivity contribution in [1.29, 1.82) is 0 Å². The van der Waals surface area contributed by atoms with E-state index in [1.807, 2.05) is 0 Å². The van der Waals surface area contributed by atoms with Gasteiger partial charge in [-0.2, -0.15) is 26.3 Å². The molecule has 0 fully saturated rings. The van der Waals surface area contributed by atoms with Gasteiger partial charge in [-0.3, -0.25) is 0 Å². The van der Waals surface area contributed by atoms with Crippen LogP contribution < -0.4 is 10.5 Å². The van der Waals surface area contributed by atoms with Gasteiger partial charge in [0.1, 0.15) is 0 Å². The molecule has 18 heavy (non-hydrogen) atoms. The minimum atomic E-state index is -5.62. The van der Waals surface area contributed by atoms with Gasteiger partial charge in [0.25, 0.3) is 6.10 Å². The molecule has 0 aliphatic rings. The molecule has 0 spiro atoms. The largest absolute Gasteiger partial charge is 0.468 e. The van der Waals surface area contributed by atoms with Crippen LogP contribution >= 0.6 is 11.6 Å². The maximum Gasteiger partial charge on any atom is 0.434 e. The highest BCUT2D eigenvalue weighted by molar-refractivity contribution is 6.32. The minimum Gasteiger partial charge on any atom is -0.468 e. The summed E-state index contributed by atoms with van der Waals surface area (Å²) in [5, 5.41) is -0.437. The Morgan fingerprint density at radius 3 is 1.94 bits per heavy atom. The number of nitrogens with two attached hydrogens (primary N) is 1. The molecule has 2 N–H and O–H groups in total. The van der Waals surface area contributed by atoms with Crippen LogP contribution in [0.2, 0.25) is 5.02 Å². The van der Waals surface area contributed by atoms with E-state index in [-0.39, 0.29) is 0 Å². The highest BCUT2D eigenvalue weighted by Gasteiger charge is 2.59. The summed E-state index contributed by atoms with van der Waals surface area (Å²) in [7, 11) is 0. The number of hydrogen-bond donors (Lipinski definition) is 1. The Bertz CT molecular complexity index is 396. The molecule has 0 unspecified atom stereocenters. The van der Waals surface area contributed by atoms with Gasteiger partial charge >= 0.3 is 12.4 Å². The van der Waals surface area contributed by atoms with Crippen LogP contribution in [0.15, 0.2) is 18.2 Å². The van der Waals surface area contributed by atoms with E-state index in [2.05, 4.69) is 4.74 Å². The molecular weight excluding hydrogens is 288 g/mol. The van der Waals surface area contributed by atoms with E-state index in [0.29, 0.717) is 0 Å². The smallest absolute Gasteiger partial charge is 0.434 e. The molecule has 0 atom stereocenters. The lowest BCUT2D eigenvalue weighted by Crippen LogP contribution is -2.46. The quantitative estimate of drug-likeness (QED) is 0.665. The Morgan fingerprint density at radius 1 is 1.06 bits per heavy atom. The van der Waals surface area contributed by atoms with Gasteiger partial charge in [-0.1, -0.05) is 17.7 Å². The molecule has 1 rings (SSSR count). The molecule has 102 valence electrons. The summed E-state index contributed by atoms with van der Waals surface area (Å²) in [6.45, 7) is 0. The van der Waals surface area contributed by atoms with Gasteiger partial charge in [-0.15, -0.1) is 0 Å². The molecule has 0 radical (unpaired) electrons. The second kappa shape index (κ2) is 4.75. The van der Waals surface area contributed by atoms with Crippen molar-refractivity contribution >= 4 is 17.3 Å². The predicted molar refractivity (Wildman–Crippen MR) is 52.4 cm³/mol. The number of halogens is 7. The normalized spacial score (nSPS) is 12.9. The van der Waals surface area contributed by atoms with Crippen molar-refractivity contribution in [1.82, 2.24) is 0 Å². The monoisotopic (exact) mass is 293 g/mol. The molecule has 1 aromatic rings. The third-order valence-corrected chi connectivity index (χ3v) is 2.13. The molecule has 0 aromatic heterocycles. The molecule has 0 amide bonds. The first kappa shape index (κ1) is 14.7. The first-order valence-corrected chi connectivity index (χ1v) is 4.75. The SMILES string of the molecule is Nc1cccc(Cl)c1OC(C(F)(F)F)C(F)(F)F. The summed E-state index contributed by atoms with van der Waals surface area (Å²) >= 11 is 5.43. The van der Waals surface area contributed by atoms with Crippen molar-refractivity contribution in [2.75, 3.05) is 5.73 Å². The Balaban J connectivity index is 3.13. The van der Waals surface area contributed by atoms with Crippen molar-refractivity contribution < 1.29 is 31.1 Å². The van der Waals surface area contributed by atoms with Gasteiger partial charge in [-0.05, 0) is 12.1 Å². The van der Waals surface area contributed by atoms with Crippen molar-refractivity contribution in [3.05, 3.63) is 23.2 Å². The van der Waals surface area contributed by atoms with Gasteiger partial charge in [0, 0.05) is 0 Å². The first-order valence-electron chi connectivity index (χ1n) is 4.37. The van der Waals surface area contributed by atoms with Crippen LogP contribution in [0.1, 0.15) is 0 Å². The molecule has 0 aliphatic heterocycles. The van der Waals surface area contributed by atoms with Gasteiger partial charge < -0.3 is 10.5 Å². The molecule has 9 heteroatoms. The molecule has 1 aromatic carbocycles. The Kier molecular flexibility index (Phi) is 3.89. The second-order valence-electron chi connectivity index (χ2n) is 3.24.